The molecular weight excluding hydrogens is 500 g/mol. The SMILES string of the molecule is CC(=O)Nc1ccc(N(CCCCCOc2cc(O)c3c(=O)c4ccccc4oc3c2)S(=O)(=O)O)cc1. The fraction of sp³-hybridized carbons (Fsp3) is 0.231. The van der Waals surface area contributed by atoms with Crippen LogP contribution < -0.4 is 19.8 Å². The lowest BCUT2D eigenvalue weighted by Crippen LogP contribution is -2.31. The molecule has 3 aromatic carbocycles. The standard InChI is InChI=1S/C26H26N2O8S/c1-17(29)27-18-9-11-19(12-10-18)28(37(32,33)34)13-5-2-6-14-35-20-15-22(30)25-24(16-20)36-23-8-4-3-7-21(23)26(25)31/h3-4,7-12,15-16,30H,2,5-6,13-14H2,1H3,(H,27,29)(H,32,33,34). The van der Waals surface area contributed by atoms with Crippen molar-refractivity contribution >= 4 is 49.5 Å². The van der Waals surface area contributed by atoms with Gasteiger partial charge in [-0.3, -0.25) is 14.1 Å². The van der Waals surface area contributed by atoms with Crippen LogP contribution in [0.4, 0.5) is 11.4 Å². The number of phenolic OH excluding ortho intramolecular Hbond substituents is 1. The van der Waals surface area contributed by atoms with Crippen molar-refractivity contribution in [3.63, 3.8) is 0 Å². The van der Waals surface area contributed by atoms with Crippen LogP contribution in [0.1, 0.15) is 26.2 Å². The lowest BCUT2D eigenvalue weighted by atomic mass is 10.1. The van der Waals surface area contributed by atoms with Crippen LogP contribution in [0.2, 0.25) is 0 Å². The Balaban J connectivity index is 1.34. The molecule has 0 radical (unpaired) electrons. The van der Waals surface area contributed by atoms with Gasteiger partial charge in [0, 0.05) is 31.3 Å². The van der Waals surface area contributed by atoms with Crippen molar-refractivity contribution in [1.82, 2.24) is 0 Å². The van der Waals surface area contributed by atoms with E-state index >= 15 is 0 Å². The van der Waals surface area contributed by atoms with Gasteiger partial charge in [0.05, 0.1) is 17.7 Å². The molecule has 0 fully saturated rings. The average Bonchev–Trinajstić information content (AvgIpc) is 2.83. The van der Waals surface area contributed by atoms with E-state index in [1.807, 2.05) is 0 Å². The number of anilines is 2. The number of aromatic hydroxyl groups is 1. The number of carbonyl (C=O) groups is 1. The second-order valence-corrected chi connectivity index (χ2v) is 9.77. The first-order valence-electron chi connectivity index (χ1n) is 11.6. The molecule has 1 aromatic heterocycles. The summed E-state index contributed by atoms with van der Waals surface area (Å²) in [5.74, 6) is -0.152. The molecule has 1 amide bonds. The van der Waals surface area contributed by atoms with E-state index in [0.29, 0.717) is 41.7 Å². The summed E-state index contributed by atoms with van der Waals surface area (Å²) in [4.78, 5) is 23.8. The highest BCUT2D eigenvalue weighted by Crippen LogP contribution is 2.30. The zero-order chi connectivity index (χ0) is 26.6. The number of nitrogens with one attached hydrogen (secondary N) is 1. The van der Waals surface area contributed by atoms with Crippen LogP contribution in [0.5, 0.6) is 11.5 Å². The van der Waals surface area contributed by atoms with Gasteiger partial charge >= 0.3 is 10.3 Å². The van der Waals surface area contributed by atoms with Gasteiger partial charge < -0.3 is 19.6 Å². The second-order valence-electron chi connectivity index (χ2n) is 8.43. The van der Waals surface area contributed by atoms with Gasteiger partial charge in [0.1, 0.15) is 28.1 Å². The highest BCUT2D eigenvalue weighted by atomic mass is 32.2. The van der Waals surface area contributed by atoms with Gasteiger partial charge in [0.2, 0.25) is 11.3 Å². The minimum Gasteiger partial charge on any atom is -0.507 e. The fourth-order valence-corrected chi connectivity index (χ4v) is 4.73. The Morgan fingerprint density at radius 3 is 2.46 bits per heavy atom. The zero-order valence-electron chi connectivity index (χ0n) is 20.0. The molecule has 4 aromatic rings. The maximum atomic E-state index is 12.7. The van der Waals surface area contributed by atoms with Gasteiger partial charge in [-0.2, -0.15) is 8.42 Å². The van der Waals surface area contributed by atoms with Crippen LogP contribution in [0.3, 0.4) is 0 Å². The maximum absolute atomic E-state index is 12.7. The van der Waals surface area contributed by atoms with Crippen LogP contribution in [0.15, 0.2) is 69.9 Å². The molecule has 37 heavy (non-hydrogen) atoms. The third kappa shape index (κ3) is 6.19. The average molecular weight is 527 g/mol. The van der Waals surface area contributed by atoms with Crippen LogP contribution in [-0.2, 0) is 15.1 Å². The van der Waals surface area contributed by atoms with Crippen LogP contribution >= 0.6 is 0 Å². The molecule has 0 aliphatic rings. The number of unbranched alkanes of at least 4 members (excludes halogenated alkanes) is 2. The summed E-state index contributed by atoms with van der Waals surface area (Å²) in [5, 5.41) is 13.4. The lowest BCUT2D eigenvalue weighted by Gasteiger charge is -2.21. The van der Waals surface area contributed by atoms with Crippen molar-refractivity contribution in [1.29, 1.82) is 0 Å². The summed E-state index contributed by atoms with van der Waals surface area (Å²) in [6.07, 6.45) is 1.61. The smallest absolute Gasteiger partial charge is 0.359 e. The minimum atomic E-state index is -4.48. The number of para-hydroxylation sites is 1. The molecule has 0 aliphatic carbocycles. The second kappa shape index (κ2) is 10.9. The number of ether oxygens (including phenoxy) is 1. The Hall–Kier alpha value is -4.09. The summed E-state index contributed by atoms with van der Waals surface area (Å²) in [6, 6.07) is 15.8. The molecule has 0 saturated carbocycles. The molecule has 0 saturated heterocycles. The first kappa shape index (κ1) is 26.0. The highest BCUT2D eigenvalue weighted by molar-refractivity contribution is 7.87. The van der Waals surface area contributed by atoms with Crippen LogP contribution in [0.25, 0.3) is 21.9 Å². The Labute approximate surface area is 213 Å². The molecular formula is C26H26N2O8S. The predicted molar refractivity (Wildman–Crippen MR) is 141 cm³/mol. The predicted octanol–water partition coefficient (Wildman–Crippen LogP) is 4.47. The number of nitrogens with zero attached hydrogens (tertiary/aromatic N) is 1. The van der Waals surface area contributed by atoms with Crippen molar-refractivity contribution in [3.8, 4) is 11.5 Å². The third-order valence-electron chi connectivity index (χ3n) is 5.66. The Kier molecular flexibility index (Phi) is 7.65. The van der Waals surface area contributed by atoms with E-state index in [-0.39, 0.29) is 46.9 Å². The molecule has 0 spiro atoms. The molecule has 10 nitrogen and oxygen atoms in total. The lowest BCUT2D eigenvalue weighted by molar-refractivity contribution is -0.114. The number of hydrogen-bond acceptors (Lipinski definition) is 7. The van der Waals surface area contributed by atoms with E-state index in [1.54, 1.807) is 42.5 Å². The number of hydrogen-bond donors (Lipinski definition) is 3. The van der Waals surface area contributed by atoms with Crippen LogP contribution in [-0.4, -0.2) is 37.1 Å². The molecule has 3 N–H and O–H groups in total. The Bertz CT molecular complexity index is 1600. The van der Waals surface area contributed by atoms with Crippen molar-refractivity contribution < 1.29 is 32.0 Å². The number of carbonyl (C=O) groups excluding carboxylic acids is 1. The molecule has 1 heterocycles. The maximum Gasteiger partial charge on any atom is 0.359 e. The van der Waals surface area contributed by atoms with E-state index in [0.717, 1.165) is 4.31 Å². The molecule has 11 heteroatoms. The molecule has 0 bridgehead atoms. The molecule has 194 valence electrons. The molecule has 0 unspecified atom stereocenters. The largest absolute Gasteiger partial charge is 0.507 e. The zero-order valence-corrected chi connectivity index (χ0v) is 20.8. The van der Waals surface area contributed by atoms with E-state index in [4.69, 9.17) is 9.15 Å². The Morgan fingerprint density at radius 1 is 1.03 bits per heavy atom. The quantitative estimate of drug-likeness (QED) is 0.156. The van der Waals surface area contributed by atoms with Crippen molar-refractivity contribution in [3.05, 3.63) is 70.9 Å². The Morgan fingerprint density at radius 2 is 1.76 bits per heavy atom. The first-order chi connectivity index (χ1) is 17.6. The number of amides is 1. The van der Waals surface area contributed by atoms with Crippen molar-refractivity contribution in [2.45, 2.75) is 26.2 Å². The summed E-state index contributed by atoms with van der Waals surface area (Å²) in [7, 11) is -4.48. The minimum absolute atomic E-state index is 0.0489. The summed E-state index contributed by atoms with van der Waals surface area (Å²) in [5.41, 5.74) is 1.08. The van der Waals surface area contributed by atoms with Gasteiger partial charge in [-0.25, -0.2) is 4.31 Å². The molecule has 4 rings (SSSR count). The van der Waals surface area contributed by atoms with E-state index in [9.17, 15) is 27.7 Å². The fourth-order valence-electron chi connectivity index (χ4n) is 3.98. The van der Waals surface area contributed by atoms with E-state index < -0.39 is 10.3 Å². The number of benzene rings is 3. The topological polar surface area (TPSA) is 146 Å². The van der Waals surface area contributed by atoms with Gasteiger partial charge in [-0.15, -0.1) is 0 Å². The summed E-state index contributed by atoms with van der Waals surface area (Å²) >= 11 is 0. The van der Waals surface area contributed by atoms with E-state index in [2.05, 4.69) is 5.32 Å². The number of fused-ring (bicyclic) bond motifs is 2. The first-order valence-corrected chi connectivity index (χ1v) is 13.0. The number of phenols is 1. The third-order valence-corrected chi connectivity index (χ3v) is 6.61. The van der Waals surface area contributed by atoms with E-state index in [1.165, 1.54) is 25.1 Å². The van der Waals surface area contributed by atoms with Gasteiger partial charge in [-0.05, 0) is 55.7 Å². The van der Waals surface area contributed by atoms with Gasteiger partial charge in [0.25, 0.3) is 0 Å². The molecule has 0 aliphatic heterocycles. The number of rotatable bonds is 10. The summed E-state index contributed by atoms with van der Waals surface area (Å²) < 4.78 is 45.8. The monoisotopic (exact) mass is 526 g/mol. The van der Waals surface area contributed by atoms with Gasteiger partial charge in [-0.1, -0.05) is 12.1 Å². The van der Waals surface area contributed by atoms with Gasteiger partial charge in [0.15, 0.2) is 0 Å². The highest BCUT2D eigenvalue weighted by Gasteiger charge is 2.19. The van der Waals surface area contributed by atoms with Crippen molar-refractivity contribution in [2.24, 2.45) is 0 Å². The van der Waals surface area contributed by atoms with Crippen molar-refractivity contribution in [2.75, 3.05) is 22.8 Å². The summed E-state index contributed by atoms with van der Waals surface area (Å²) in [6.45, 7) is 1.69. The normalized spacial score (nSPS) is 11.5. The molecule has 0 atom stereocenters. The van der Waals surface area contributed by atoms with Crippen LogP contribution in [0, 0.1) is 0 Å².